The first-order valence-corrected chi connectivity index (χ1v) is 6.64. The number of nitrogens with one attached hydrogen (secondary N) is 1. The minimum atomic E-state index is -0.522. The number of thiazole rings is 1. The van der Waals surface area contributed by atoms with Gasteiger partial charge in [0.15, 0.2) is 0 Å². The average Bonchev–Trinajstić information content (AvgIpc) is 2.90. The van der Waals surface area contributed by atoms with E-state index in [2.05, 4.69) is 10.3 Å². The summed E-state index contributed by atoms with van der Waals surface area (Å²) in [4.78, 5) is 15.9. The van der Waals surface area contributed by atoms with Crippen molar-refractivity contribution in [1.82, 2.24) is 10.3 Å². The van der Waals surface area contributed by atoms with Crippen molar-refractivity contribution in [1.29, 1.82) is 0 Å². The van der Waals surface area contributed by atoms with Crippen molar-refractivity contribution in [2.75, 3.05) is 0 Å². The zero-order valence-corrected chi connectivity index (χ0v) is 10.7. The number of nitrogens with zero attached hydrogens (tertiary/aromatic N) is 1. The summed E-state index contributed by atoms with van der Waals surface area (Å²) in [6.07, 6.45) is 0.545. The number of benzene rings is 1. The maximum absolute atomic E-state index is 11.8. The summed E-state index contributed by atoms with van der Waals surface area (Å²) in [5, 5.41) is 4.69. The summed E-state index contributed by atoms with van der Waals surface area (Å²) in [5.41, 5.74) is 9.53. The Kier molecular flexibility index (Phi) is 4.44. The van der Waals surface area contributed by atoms with Crippen LogP contribution in [-0.4, -0.2) is 16.9 Å². The Morgan fingerprint density at radius 3 is 2.83 bits per heavy atom. The molecule has 0 aliphatic carbocycles. The Morgan fingerprint density at radius 1 is 1.39 bits per heavy atom. The van der Waals surface area contributed by atoms with Crippen LogP contribution in [0.1, 0.15) is 11.3 Å². The molecule has 2 aromatic rings. The summed E-state index contributed by atoms with van der Waals surface area (Å²) < 4.78 is 0. The lowest BCUT2D eigenvalue weighted by molar-refractivity contribution is -0.122. The predicted octanol–water partition coefficient (Wildman–Crippen LogP) is 1.33. The summed E-state index contributed by atoms with van der Waals surface area (Å²) in [6.45, 7) is 0.435. The minimum absolute atomic E-state index is 0.146. The lowest BCUT2D eigenvalue weighted by Crippen LogP contribution is -2.41. The van der Waals surface area contributed by atoms with Crippen LogP contribution < -0.4 is 11.1 Å². The molecule has 0 aliphatic heterocycles. The van der Waals surface area contributed by atoms with Crippen molar-refractivity contribution in [3.63, 3.8) is 0 Å². The topological polar surface area (TPSA) is 68.0 Å². The van der Waals surface area contributed by atoms with Gasteiger partial charge in [-0.25, -0.2) is 4.98 Å². The fraction of sp³-hybridized carbons (Fsp3) is 0.231. The monoisotopic (exact) mass is 261 g/mol. The second kappa shape index (κ2) is 6.28. The van der Waals surface area contributed by atoms with Crippen LogP contribution in [0.15, 0.2) is 41.2 Å². The second-order valence-electron chi connectivity index (χ2n) is 3.99. The fourth-order valence-electron chi connectivity index (χ4n) is 1.59. The number of carbonyl (C=O) groups is 1. The standard InChI is InChI=1S/C13H15N3OS/c14-12(6-10-4-2-1-3-5-10)13(17)15-7-11-8-18-9-16-11/h1-5,8-9,12H,6-7,14H2,(H,15,17)/t12-/m0/s1. The zero-order chi connectivity index (χ0) is 12.8. The fourth-order valence-corrected chi connectivity index (χ4v) is 2.15. The van der Waals surface area contributed by atoms with Crippen LogP contribution in [0.25, 0.3) is 0 Å². The van der Waals surface area contributed by atoms with E-state index in [1.165, 1.54) is 11.3 Å². The molecule has 94 valence electrons. The van der Waals surface area contributed by atoms with Crippen molar-refractivity contribution < 1.29 is 4.79 Å². The Morgan fingerprint density at radius 2 is 2.17 bits per heavy atom. The van der Waals surface area contributed by atoms with E-state index in [1.807, 2.05) is 35.7 Å². The van der Waals surface area contributed by atoms with E-state index in [0.29, 0.717) is 13.0 Å². The van der Waals surface area contributed by atoms with Gasteiger partial charge in [0.2, 0.25) is 5.91 Å². The van der Waals surface area contributed by atoms with Crippen LogP contribution >= 0.6 is 11.3 Å². The Balaban J connectivity index is 1.82. The van der Waals surface area contributed by atoms with Crippen LogP contribution in [0.2, 0.25) is 0 Å². The van der Waals surface area contributed by atoms with Gasteiger partial charge in [0.25, 0.3) is 0 Å². The molecule has 1 heterocycles. The summed E-state index contributed by atoms with van der Waals surface area (Å²) in [6, 6.07) is 9.23. The molecule has 4 nitrogen and oxygen atoms in total. The quantitative estimate of drug-likeness (QED) is 0.853. The highest BCUT2D eigenvalue weighted by Gasteiger charge is 2.13. The van der Waals surface area contributed by atoms with Gasteiger partial charge in [-0.05, 0) is 12.0 Å². The summed E-state index contributed by atoms with van der Waals surface area (Å²) in [5.74, 6) is -0.146. The first-order valence-electron chi connectivity index (χ1n) is 5.70. The number of nitrogens with two attached hydrogens (primary N) is 1. The van der Waals surface area contributed by atoms with Crippen LogP contribution in [0.3, 0.4) is 0 Å². The largest absolute Gasteiger partial charge is 0.349 e. The maximum Gasteiger partial charge on any atom is 0.237 e. The van der Waals surface area contributed by atoms with Gasteiger partial charge in [-0.15, -0.1) is 11.3 Å². The molecule has 18 heavy (non-hydrogen) atoms. The molecule has 3 N–H and O–H groups in total. The van der Waals surface area contributed by atoms with Crippen molar-refractivity contribution in [3.05, 3.63) is 52.5 Å². The van der Waals surface area contributed by atoms with Gasteiger partial charge >= 0.3 is 0 Å². The molecule has 0 saturated carbocycles. The molecule has 0 bridgehead atoms. The van der Waals surface area contributed by atoms with Crippen LogP contribution in [-0.2, 0) is 17.8 Å². The molecule has 1 atom stereocenters. The Hall–Kier alpha value is -1.72. The maximum atomic E-state index is 11.8. The second-order valence-corrected chi connectivity index (χ2v) is 4.71. The van der Waals surface area contributed by atoms with Gasteiger partial charge in [-0.3, -0.25) is 4.79 Å². The van der Waals surface area contributed by atoms with Crippen molar-refractivity contribution in [2.24, 2.45) is 5.73 Å². The minimum Gasteiger partial charge on any atom is -0.349 e. The van der Waals surface area contributed by atoms with Crippen molar-refractivity contribution in [3.8, 4) is 0 Å². The van der Waals surface area contributed by atoms with Crippen LogP contribution in [0.4, 0.5) is 0 Å². The van der Waals surface area contributed by atoms with Gasteiger partial charge in [-0.1, -0.05) is 30.3 Å². The molecule has 0 saturated heterocycles. The molecule has 0 fully saturated rings. The van der Waals surface area contributed by atoms with E-state index < -0.39 is 6.04 Å². The van der Waals surface area contributed by atoms with E-state index >= 15 is 0 Å². The number of rotatable bonds is 5. The third-order valence-electron chi connectivity index (χ3n) is 2.56. The molecule has 1 aromatic heterocycles. The van der Waals surface area contributed by atoms with Crippen LogP contribution in [0.5, 0.6) is 0 Å². The summed E-state index contributed by atoms with van der Waals surface area (Å²) >= 11 is 1.51. The van der Waals surface area contributed by atoms with Crippen LogP contribution in [0, 0.1) is 0 Å². The Labute approximate surface area is 110 Å². The molecule has 1 aromatic carbocycles. The first-order chi connectivity index (χ1) is 8.75. The highest BCUT2D eigenvalue weighted by molar-refractivity contribution is 7.07. The Bertz CT molecular complexity index is 484. The average molecular weight is 261 g/mol. The number of carbonyl (C=O) groups excluding carboxylic acids is 1. The predicted molar refractivity (Wildman–Crippen MR) is 72.1 cm³/mol. The lowest BCUT2D eigenvalue weighted by Gasteiger charge is -2.11. The molecule has 0 aliphatic rings. The highest BCUT2D eigenvalue weighted by atomic mass is 32.1. The van der Waals surface area contributed by atoms with Crippen molar-refractivity contribution >= 4 is 17.2 Å². The van der Waals surface area contributed by atoms with E-state index in [9.17, 15) is 4.79 Å². The number of hydrogen-bond acceptors (Lipinski definition) is 4. The van der Waals surface area contributed by atoms with Gasteiger partial charge in [-0.2, -0.15) is 0 Å². The molecular formula is C13H15N3OS. The smallest absolute Gasteiger partial charge is 0.237 e. The van der Waals surface area contributed by atoms with Crippen molar-refractivity contribution in [2.45, 2.75) is 19.0 Å². The highest BCUT2D eigenvalue weighted by Crippen LogP contribution is 2.03. The van der Waals surface area contributed by atoms with E-state index in [4.69, 9.17) is 5.73 Å². The van der Waals surface area contributed by atoms with Gasteiger partial charge < -0.3 is 11.1 Å². The molecule has 0 spiro atoms. The number of amides is 1. The number of hydrogen-bond donors (Lipinski definition) is 2. The van der Waals surface area contributed by atoms with E-state index in [0.717, 1.165) is 11.3 Å². The lowest BCUT2D eigenvalue weighted by atomic mass is 10.1. The molecular weight excluding hydrogens is 246 g/mol. The molecule has 0 unspecified atom stereocenters. The number of aromatic nitrogens is 1. The molecule has 5 heteroatoms. The molecule has 2 rings (SSSR count). The molecule has 1 amide bonds. The van der Waals surface area contributed by atoms with Gasteiger partial charge in [0.05, 0.1) is 23.8 Å². The third-order valence-corrected chi connectivity index (χ3v) is 3.20. The molecule has 0 radical (unpaired) electrons. The SMILES string of the molecule is N[C@@H](Cc1ccccc1)C(=O)NCc1cscn1. The zero-order valence-electron chi connectivity index (χ0n) is 9.87. The summed E-state index contributed by atoms with van der Waals surface area (Å²) in [7, 11) is 0. The normalized spacial score (nSPS) is 12.1. The first kappa shape index (κ1) is 12.7. The van der Waals surface area contributed by atoms with E-state index in [1.54, 1.807) is 5.51 Å². The van der Waals surface area contributed by atoms with Gasteiger partial charge in [0, 0.05) is 5.38 Å². The van der Waals surface area contributed by atoms with Gasteiger partial charge in [0.1, 0.15) is 0 Å². The van der Waals surface area contributed by atoms with E-state index in [-0.39, 0.29) is 5.91 Å². The third kappa shape index (κ3) is 3.65.